The van der Waals surface area contributed by atoms with Gasteiger partial charge in [0, 0.05) is 0 Å². The van der Waals surface area contributed by atoms with Gasteiger partial charge in [-0.25, -0.2) is 5.48 Å². The number of carbonyl (C=O) groups excluding carboxylic acids is 1. The molecule has 0 aliphatic carbocycles. The number of hydrogen-bond acceptors (Lipinski definition) is 4. The predicted octanol–water partition coefficient (Wildman–Crippen LogP) is 0.00820. The largest absolute Gasteiger partial charge is 0.481 e. The molecule has 1 amide bonds. The molecule has 1 unspecified atom stereocenters. The maximum Gasteiger partial charge on any atom is 0.316 e. The Balaban J connectivity index is 4.40. The van der Waals surface area contributed by atoms with Crippen LogP contribution in [-0.2, 0) is 19.2 Å². The summed E-state index contributed by atoms with van der Waals surface area (Å²) in [5.41, 5.74) is 1.25. The minimum atomic E-state index is -1.65. The Kier molecular flexibility index (Phi) is 4.90. The van der Waals surface area contributed by atoms with E-state index in [2.05, 4.69) is 0 Å². The molecule has 0 aliphatic rings. The van der Waals surface area contributed by atoms with E-state index < -0.39 is 35.8 Å². The molecule has 0 aromatic rings. The fraction of sp³-hybridized carbons (Fsp3) is 0.667. The molecule has 0 heterocycles. The number of aliphatic carboxylic acids is 2. The lowest BCUT2D eigenvalue weighted by Gasteiger charge is -2.20. The fourth-order valence-corrected chi connectivity index (χ4v) is 0.741. The van der Waals surface area contributed by atoms with E-state index in [1.54, 1.807) is 20.8 Å². The molecule has 0 saturated heterocycles. The van der Waals surface area contributed by atoms with Crippen molar-refractivity contribution in [3.63, 3.8) is 0 Å². The Bertz CT molecular complexity index is 293. The molecule has 0 bridgehead atoms. The Morgan fingerprint density at radius 2 is 1.75 bits per heavy atom. The number of amides is 1. The van der Waals surface area contributed by atoms with Gasteiger partial charge in [-0.2, -0.15) is 0 Å². The highest BCUT2D eigenvalue weighted by Crippen LogP contribution is 2.07. The summed E-state index contributed by atoms with van der Waals surface area (Å²) in [5.74, 6) is -5.50. The normalized spacial score (nSPS) is 12.9. The summed E-state index contributed by atoms with van der Waals surface area (Å²) < 4.78 is 0. The van der Waals surface area contributed by atoms with Crippen LogP contribution in [0.5, 0.6) is 0 Å². The van der Waals surface area contributed by atoms with E-state index in [-0.39, 0.29) is 0 Å². The number of nitrogens with one attached hydrogen (secondary N) is 1. The SMILES string of the molecule is CC(C)(C)ONC(=O)C(CC(=O)O)C(=O)O. The molecule has 0 aromatic heterocycles. The standard InChI is InChI=1S/C9H15NO6/c1-9(2,3)16-10-7(13)5(8(14)15)4-6(11)12/h5H,4H2,1-3H3,(H,10,13)(H,11,12)(H,14,15). The van der Waals surface area contributed by atoms with E-state index in [0.29, 0.717) is 0 Å². The molecule has 92 valence electrons. The van der Waals surface area contributed by atoms with Crippen molar-refractivity contribution in [2.45, 2.75) is 32.8 Å². The lowest BCUT2D eigenvalue weighted by atomic mass is 10.1. The van der Waals surface area contributed by atoms with Crippen molar-refractivity contribution >= 4 is 17.8 Å². The molecule has 1 atom stereocenters. The average Bonchev–Trinajstić information content (AvgIpc) is 2.08. The third kappa shape index (κ3) is 5.97. The Hall–Kier alpha value is -1.63. The highest BCUT2D eigenvalue weighted by Gasteiger charge is 2.30. The lowest BCUT2D eigenvalue weighted by Crippen LogP contribution is -2.40. The van der Waals surface area contributed by atoms with Gasteiger partial charge in [-0.1, -0.05) is 0 Å². The Morgan fingerprint density at radius 1 is 1.25 bits per heavy atom. The molecule has 3 N–H and O–H groups in total. The van der Waals surface area contributed by atoms with Crippen molar-refractivity contribution in [3.05, 3.63) is 0 Å². The van der Waals surface area contributed by atoms with E-state index in [0.717, 1.165) is 0 Å². The van der Waals surface area contributed by atoms with E-state index >= 15 is 0 Å². The van der Waals surface area contributed by atoms with Crippen LogP contribution in [-0.4, -0.2) is 33.7 Å². The van der Waals surface area contributed by atoms with Gasteiger partial charge in [-0.05, 0) is 20.8 Å². The quantitative estimate of drug-likeness (QED) is 0.455. The molecule has 7 heteroatoms. The van der Waals surface area contributed by atoms with Crippen LogP contribution in [0.25, 0.3) is 0 Å². The molecule has 0 rings (SSSR count). The highest BCUT2D eigenvalue weighted by atomic mass is 16.7. The molecule has 0 spiro atoms. The first-order chi connectivity index (χ1) is 7.13. The summed E-state index contributed by atoms with van der Waals surface area (Å²) in [6.07, 6.45) is -0.783. The zero-order valence-corrected chi connectivity index (χ0v) is 9.31. The molecule has 0 aliphatic heterocycles. The van der Waals surface area contributed by atoms with Crippen molar-refractivity contribution in [2.75, 3.05) is 0 Å². The van der Waals surface area contributed by atoms with Crippen LogP contribution in [0.15, 0.2) is 0 Å². The number of carboxylic acid groups (broad SMARTS) is 2. The van der Waals surface area contributed by atoms with Crippen LogP contribution in [0.1, 0.15) is 27.2 Å². The monoisotopic (exact) mass is 233 g/mol. The fourth-order valence-electron chi connectivity index (χ4n) is 0.741. The van der Waals surface area contributed by atoms with Gasteiger partial charge in [-0.3, -0.25) is 19.2 Å². The van der Waals surface area contributed by atoms with Crippen LogP contribution in [0.2, 0.25) is 0 Å². The third-order valence-corrected chi connectivity index (χ3v) is 1.45. The van der Waals surface area contributed by atoms with Crippen LogP contribution < -0.4 is 5.48 Å². The molecule has 7 nitrogen and oxygen atoms in total. The summed E-state index contributed by atoms with van der Waals surface area (Å²) in [6, 6.07) is 0. The lowest BCUT2D eigenvalue weighted by molar-refractivity contribution is -0.162. The van der Waals surface area contributed by atoms with Crippen LogP contribution in [0.3, 0.4) is 0 Å². The Morgan fingerprint density at radius 3 is 2.06 bits per heavy atom. The summed E-state index contributed by atoms with van der Waals surface area (Å²) >= 11 is 0. The second-order valence-electron chi connectivity index (χ2n) is 4.17. The molecule has 0 radical (unpaired) electrons. The zero-order chi connectivity index (χ0) is 12.9. The van der Waals surface area contributed by atoms with Crippen molar-refractivity contribution in [1.29, 1.82) is 0 Å². The van der Waals surface area contributed by atoms with E-state index in [9.17, 15) is 14.4 Å². The van der Waals surface area contributed by atoms with E-state index in [4.69, 9.17) is 15.1 Å². The molecular weight excluding hydrogens is 218 g/mol. The van der Waals surface area contributed by atoms with Crippen molar-refractivity contribution in [3.8, 4) is 0 Å². The minimum absolute atomic E-state index is 0.679. The van der Waals surface area contributed by atoms with Crippen LogP contribution in [0.4, 0.5) is 0 Å². The summed E-state index contributed by atoms with van der Waals surface area (Å²) in [4.78, 5) is 37.1. The van der Waals surface area contributed by atoms with Gasteiger partial charge in [0.25, 0.3) is 5.91 Å². The van der Waals surface area contributed by atoms with Crippen LogP contribution >= 0.6 is 0 Å². The predicted molar refractivity (Wildman–Crippen MR) is 52.4 cm³/mol. The molecular formula is C9H15NO6. The van der Waals surface area contributed by atoms with Gasteiger partial charge >= 0.3 is 11.9 Å². The van der Waals surface area contributed by atoms with Gasteiger partial charge in [0.2, 0.25) is 0 Å². The number of hydrogen-bond donors (Lipinski definition) is 3. The first-order valence-electron chi connectivity index (χ1n) is 4.56. The maximum atomic E-state index is 11.3. The highest BCUT2D eigenvalue weighted by molar-refractivity contribution is 5.99. The van der Waals surface area contributed by atoms with Crippen molar-refractivity contribution in [1.82, 2.24) is 5.48 Å². The molecule has 0 aromatic carbocycles. The minimum Gasteiger partial charge on any atom is -0.481 e. The summed E-state index contributed by atoms with van der Waals surface area (Å²) in [7, 11) is 0. The van der Waals surface area contributed by atoms with Gasteiger partial charge in [0.05, 0.1) is 12.0 Å². The second kappa shape index (κ2) is 5.45. The van der Waals surface area contributed by atoms with Crippen LogP contribution in [0, 0.1) is 5.92 Å². The van der Waals surface area contributed by atoms with Crippen molar-refractivity contribution in [2.24, 2.45) is 5.92 Å². The Labute approximate surface area is 92.3 Å². The smallest absolute Gasteiger partial charge is 0.316 e. The first-order valence-corrected chi connectivity index (χ1v) is 4.56. The van der Waals surface area contributed by atoms with E-state index in [1.165, 1.54) is 0 Å². The summed E-state index contributed by atoms with van der Waals surface area (Å²) in [5, 5.41) is 17.1. The zero-order valence-electron chi connectivity index (χ0n) is 9.31. The average molecular weight is 233 g/mol. The second-order valence-corrected chi connectivity index (χ2v) is 4.17. The number of hydroxylamine groups is 1. The number of carbonyl (C=O) groups is 3. The summed E-state index contributed by atoms with van der Waals surface area (Å²) in [6.45, 7) is 4.96. The maximum absolute atomic E-state index is 11.3. The van der Waals surface area contributed by atoms with E-state index in [1.807, 2.05) is 5.48 Å². The van der Waals surface area contributed by atoms with Gasteiger partial charge in [0.15, 0.2) is 0 Å². The molecule has 0 fully saturated rings. The number of rotatable bonds is 5. The van der Waals surface area contributed by atoms with Gasteiger partial charge in [-0.15, -0.1) is 0 Å². The third-order valence-electron chi connectivity index (χ3n) is 1.45. The van der Waals surface area contributed by atoms with Gasteiger partial charge < -0.3 is 10.2 Å². The topological polar surface area (TPSA) is 113 Å². The number of carboxylic acids is 2. The van der Waals surface area contributed by atoms with Crippen molar-refractivity contribution < 1.29 is 29.4 Å². The first kappa shape index (κ1) is 14.4. The molecule has 0 saturated carbocycles. The van der Waals surface area contributed by atoms with Gasteiger partial charge in [0.1, 0.15) is 5.92 Å². The molecule has 16 heavy (non-hydrogen) atoms.